The van der Waals surface area contributed by atoms with Crippen molar-refractivity contribution in [2.24, 2.45) is 0 Å². The molecular weight excluding hydrogens is 462 g/mol. The van der Waals surface area contributed by atoms with Gasteiger partial charge < -0.3 is 10.0 Å². The number of nitrogens with zero attached hydrogens (tertiary/aromatic N) is 2. The van der Waals surface area contributed by atoms with Crippen LogP contribution in [0, 0.1) is 0 Å². The van der Waals surface area contributed by atoms with E-state index in [2.05, 4.69) is 0 Å². The first-order valence-electron chi connectivity index (χ1n) is 9.48. The fourth-order valence-electron chi connectivity index (χ4n) is 3.65. The smallest absolute Gasteiger partial charge is 0.369 e. The van der Waals surface area contributed by atoms with E-state index in [0.29, 0.717) is 17.8 Å². The van der Waals surface area contributed by atoms with E-state index < -0.39 is 39.6 Å². The molecular formula is C20H20F6N2O3S. The number of halogens is 6. The van der Waals surface area contributed by atoms with Crippen LogP contribution < -0.4 is 4.90 Å². The molecule has 32 heavy (non-hydrogen) atoms. The van der Waals surface area contributed by atoms with E-state index in [1.807, 2.05) is 0 Å². The van der Waals surface area contributed by atoms with Gasteiger partial charge in [-0.3, -0.25) is 0 Å². The summed E-state index contributed by atoms with van der Waals surface area (Å²) in [5.41, 5.74) is -6.03. The van der Waals surface area contributed by atoms with Crippen LogP contribution in [-0.4, -0.2) is 55.9 Å². The molecule has 0 radical (unpaired) electrons. The Morgan fingerprint density at radius 3 is 1.88 bits per heavy atom. The number of sulfonamides is 1. The maximum absolute atomic E-state index is 13.1. The van der Waals surface area contributed by atoms with Crippen LogP contribution in [0.15, 0.2) is 59.5 Å². The largest absolute Gasteiger partial charge is 0.430 e. The van der Waals surface area contributed by atoms with E-state index >= 15 is 0 Å². The topological polar surface area (TPSA) is 60.9 Å². The maximum Gasteiger partial charge on any atom is 0.430 e. The van der Waals surface area contributed by atoms with Crippen LogP contribution in [-0.2, 0) is 15.6 Å². The average molecular weight is 482 g/mol. The second-order valence-corrected chi connectivity index (χ2v) is 9.41. The van der Waals surface area contributed by atoms with Gasteiger partial charge in [0.25, 0.3) is 5.60 Å². The monoisotopic (exact) mass is 482 g/mol. The lowest BCUT2D eigenvalue weighted by Gasteiger charge is -2.41. The molecule has 1 fully saturated rings. The highest BCUT2D eigenvalue weighted by atomic mass is 32.2. The van der Waals surface area contributed by atoms with Gasteiger partial charge in [0.1, 0.15) is 0 Å². The molecule has 1 unspecified atom stereocenters. The van der Waals surface area contributed by atoms with Crippen LogP contribution in [0.25, 0.3) is 0 Å². The van der Waals surface area contributed by atoms with Gasteiger partial charge in [0.15, 0.2) is 0 Å². The first-order valence-corrected chi connectivity index (χ1v) is 10.9. The van der Waals surface area contributed by atoms with Gasteiger partial charge in [0, 0.05) is 36.9 Å². The third kappa shape index (κ3) is 4.18. The number of piperazine rings is 1. The zero-order valence-electron chi connectivity index (χ0n) is 16.7. The Labute approximate surface area is 180 Å². The highest BCUT2D eigenvalue weighted by Crippen LogP contribution is 2.50. The fraction of sp³-hybridized carbons (Fsp3) is 0.400. The van der Waals surface area contributed by atoms with Crippen molar-refractivity contribution in [3.8, 4) is 0 Å². The molecule has 1 aliphatic rings. The summed E-state index contributed by atoms with van der Waals surface area (Å²) in [6.07, 6.45) is -11.9. The minimum Gasteiger partial charge on any atom is -0.369 e. The van der Waals surface area contributed by atoms with Crippen molar-refractivity contribution < 1.29 is 39.9 Å². The highest BCUT2D eigenvalue weighted by Gasteiger charge is 2.71. The first kappa shape index (κ1) is 24.3. The van der Waals surface area contributed by atoms with Gasteiger partial charge in [-0.05, 0) is 31.2 Å². The predicted molar refractivity (Wildman–Crippen MR) is 104 cm³/mol. The third-order valence-corrected chi connectivity index (χ3v) is 7.29. The van der Waals surface area contributed by atoms with Gasteiger partial charge in [0.2, 0.25) is 10.0 Å². The van der Waals surface area contributed by atoms with E-state index in [-0.39, 0.29) is 24.5 Å². The Kier molecular flexibility index (Phi) is 6.26. The number of anilines is 1. The van der Waals surface area contributed by atoms with Gasteiger partial charge in [-0.25, -0.2) is 8.42 Å². The van der Waals surface area contributed by atoms with Crippen molar-refractivity contribution >= 4 is 15.7 Å². The first-order chi connectivity index (χ1) is 14.7. The minimum absolute atomic E-state index is 0.0774. The van der Waals surface area contributed by atoms with Gasteiger partial charge in [-0.2, -0.15) is 30.6 Å². The van der Waals surface area contributed by atoms with Gasteiger partial charge in [0.05, 0.1) is 4.90 Å². The van der Waals surface area contributed by atoms with Crippen molar-refractivity contribution in [1.29, 1.82) is 0 Å². The van der Waals surface area contributed by atoms with Gasteiger partial charge in [-0.15, -0.1) is 0 Å². The third-order valence-electron chi connectivity index (χ3n) is 5.41. The number of rotatable bonds is 4. The number of hydrogen-bond donors (Lipinski definition) is 1. The Hall–Kier alpha value is -2.31. The quantitative estimate of drug-likeness (QED) is 0.672. The molecule has 0 amide bonds. The summed E-state index contributed by atoms with van der Waals surface area (Å²) in [6.45, 7) is 2.03. The van der Waals surface area contributed by atoms with Crippen LogP contribution >= 0.6 is 0 Å². The summed E-state index contributed by atoms with van der Waals surface area (Å²) >= 11 is 0. The van der Waals surface area contributed by atoms with Crippen molar-refractivity contribution in [3.63, 3.8) is 0 Å². The van der Waals surface area contributed by atoms with Crippen molar-refractivity contribution in [2.75, 3.05) is 24.5 Å². The summed E-state index contributed by atoms with van der Waals surface area (Å²) in [5.74, 6) is 0. The molecule has 0 saturated carbocycles. The Bertz CT molecular complexity index is 1030. The second-order valence-electron chi connectivity index (χ2n) is 7.47. The van der Waals surface area contributed by atoms with E-state index in [0.717, 1.165) is 12.1 Å². The fourth-order valence-corrected chi connectivity index (χ4v) is 5.18. The van der Waals surface area contributed by atoms with Crippen molar-refractivity contribution in [3.05, 3.63) is 60.2 Å². The van der Waals surface area contributed by atoms with E-state index in [4.69, 9.17) is 0 Å². The number of benzene rings is 2. The van der Waals surface area contributed by atoms with Crippen LogP contribution in [0.3, 0.4) is 0 Å². The van der Waals surface area contributed by atoms with Crippen LogP contribution in [0.1, 0.15) is 12.5 Å². The Morgan fingerprint density at radius 2 is 1.41 bits per heavy atom. The molecule has 1 saturated heterocycles. The molecule has 0 spiro atoms. The lowest BCUT2D eigenvalue weighted by molar-refractivity contribution is -0.376. The zero-order chi connectivity index (χ0) is 23.9. The summed E-state index contributed by atoms with van der Waals surface area (Å²) in [4.78, 5) is 1.81. The molecule has 0 aliphatic carbocycles. The zero-order valence-corrected chi connectivity index (χ0v) is 17.5. The lowest BCUT2D eigenvalue weighted by Crippen LogP contribution is -2.54. The van der Waals surface area contributed by atoms with Gasteiger partial charge >= 0.3 is 12.4 Å². The Balaban J connectivity index is 1.81. The summed E-state index contributed by atoms with van der Waals surface area (Å²) in [6, 6.07) is 10.7. The summed E-state index contributed by atoms with van der Waals surface area (Å²) in [5, 5.41) is 9.50. The number of hydrogen-bond acceptors (Lipinski definition) is 4. The van der Waals surface area contributed by atoms with Crippen molar-refractivity contribution in [2.45, 2.75) is 35.8 Å². The molecule has 5 nitrogen and oxygen atoms in total. The van der Waals surface area contributed by atoms with Gasteiger partial charge in [-0.1, -0.05) is 30.3 Å². The highest BCUT2D eigenvalue weighted by molar-refractivity contribution is 7.89. The molecule has 1 heterocycles. The van der Waals surface area contributed by atoms with Crippen LogP contribution in [0.4, 0.5) is 32.0 Å². The second kappa shape index (κ2) is 8.23. The normalized spacial score (nSPS) is 19.2. The van der Waals surface area contributed by atoms with Crippen LogP contribution in [0.5, 0.6) is 0 Å². The molecule has 1 aliphatic heterocycles. The molecule has 12 heteroatoms. The average Bonchev–Trinajstić information content (AvgIpc) is 2.72. The van der Waals surface area contributed by atoms with Crippen molar-refractivity contribution in [1.82, 2.24) is 4.31 Å². The minimum atomic E-state index is -5.96. The predicted octanol–water partition coefficient (Wildman–Crippen LogP) is 3.90. The maximum atomic E-state index is 13.1. The van der Waals surface area contributed by atoms with E-state index in [1.165, 1.54) is 16.4 Å². The van der Waals surface area contributed by atoms with E-state index in [9.17, 15) is 39.9 Å². The lowest BCUT2D eigenvalue weighted by atomic mass is 9.92. The van der Waals surface area contributed by atoms with E-state index in [1.54, 1.807) is 30.0 Å². The molecule has 3 rings (SSSR count). The molecule has 1 N–H and O–H groups in total. The molecule has 1 atom stereocenters. The van der Waals surface area contributed by atoms with Crippen LogP contribution in [0.2, 0.25) is 0 Å². The molecule has 0 bridgehead atoms. The summed E-state index contributed by atoms with van der Waals surface area (Å²) < 4.78 is 105. The molecule has 2 aromatic carbocycles. The molecule has 2 aromatic rings. The molecule has 0 aromatic heterocycles. The Morgan fingerprint density at radius 1 is 0.875 bits per heavy atom. The number of alkyl halides is 6. The SMILES string of the molecule is CC1CN(S(=O)(=O)c2ccccc2)CCN1c1ccc(C(O)(C(F)(F)F)C(F)(F)F)cc1. The summed E-state index contributed by atoms with van der Waals surface area (Å²) in [7, 11) is -3.74. The molecule has 176 valence electrons. The number of aliphatic hydroxyl groups is 1. The standard InChI is InChI=1S/C20H20F6N2O3S/c1-14-13-27(32(30,31)17-5-3-2-4-6-17)11-12-28(14)16-9-7-15(8-10-16)18(29,19(21,22)23)20(24,25)26/h2-10,14,29H,11-13H2,1H3.